The van der Waals surface area contributed by atoms with Gasteiger partial charge in [0, 0.05) is 34.8 Å². The van der Waals surface area contributed by atoms with E-state index in [1.807, 2.05) is 30.5 Å². The van der Waals surface area contributed by atoms with E-state index < -0.39 is 11.4 Å². The molecule has 3 aromatic rings. The average Bonchev–Trinajstić information content (AvgIpc) is 3.40. The lowest BCUT2D eigenvalue weighted by molar-refractivity contribution is -0.152. The van der Waals surface area contributed by atoms with E-state index in [1.165, 1.54) is 4.88 Å². The lowest BCUT2D eigenvalue weighted by Gasteiger charge is -2.39. The van der Waals surface area contributed by atoms with Gasteiger partial charge < -0.3 is 20.5 Å². The van der Waals surface area contributed by atoms with E-state index in [0.717, 1.165) is 60.3 Å². The summed E-state index contributed by atoms with van der Waals surface area (Å²) < 4.78 is 5.41. The van der Waals surface area contributed by atoms with E-state index in [4.69, 9.17) is 23.1 Å². The molecule has 1 aromatic carbocycles. The van der Waals surface area contributed by atoms with Crippen LogP contribution >= 0.6 is 24.0 Å². The first-order chi connectivity index (χ1) is 16.5. The van der Waals surface area contributed by atoms with Gasteiger partial charge in [0.2, 0.25) is 0 Å². The predicted octanol–water partition coefficient (Wildman–Crippen LogP) is 4.92. The monoisotopic (exact) mass is 499 g/mol. The Hall–Kier alpha value is -2.13. The standard InChI is InChI=1S/C26H33N3O3S2/c1-32-19-6-7-22-21(14-19)20(18(15-27)16-28-22)4-2-8-26(25(30)31)9-11-29(12-10-26)17-23(33)24-5-3-13-34-24/h3,5-7,13-14,16,23,33H,2,4,8-12,15,17,27H2,1H3,(H,30,31). The minimum Gasteiger partial charge on any atom is -0.497 e. The third-order valence-corrected chi connectivity index (χ3v) is 8.75. The van der Waals surface area contributed by atoms with Crippen molar-refractivity contribution in [2.75, 3.05) is 26.7 Å². The van der Waals surface area contributed by atoms with Crippen molar-refractivity contribution >= 4 is 40.8 Å². The highest BCUT2D eigenvalue weighted by Gasteiger charge is 2.41. The number of aliphatic carboxylic acids is 1. The van der Waals surface area contributed by atoms with Crippen molar-refractivity contribution in [1.82, 2.24) is 9.88 Å². The van der Waals surface area contributed by atoms with Crippen LogP contribution in [0.5, 0.6) is 5.75 Å². The summed E-state index contributed by atoms with van der Waals surface area (Å²) in [7, 11) is 1.65. The van der Waals surface area contributed by atoms with E-state index in [2.05, 4.69) is 21.3 Å². The number of benzene rings is 1. The van der Waals surface area contributed by atoms with Crippen LogP contribution in [0, 0.1) is 5.41 Å². The number of carbonyl (C=O) groups is 1. The Kier molecular flexibility index (Phi) is 8.14. The summed E-state index contributed by atoms with van der Waals surface area (Å²) in [5.41, 5.74) is 8.41. The molecule has 34 heavy (non-hydrogen) atoms. The Morgan fingerprint density at radius 1 is 1.35 bits per heavy atom. The lowest BCUT2D eigenvalue weighted by atomic mass is 9.74. The Morgan fingerprint density at radius 3 is 2.79 bits per heavy atom. The molecular weight excluding hydrogens is 466 g/mol. The molecular formula is C26H33N3O3S2. The quantitative estimate of drug-likeness (QED) is 0.343. The normalized spacial score (nSPS) is 17.0. The summed E-state index contributed by atoms with van der Waals surface area (Å²) in [6.45, 7) is 2.84. The molecule has 0 saturated carbocycles. The molecule has 0 amide bonds. The maximum absolute atomic E-state index is 12.4. The summed E-state index contributed by atoms with van der Waals surface area (Å²) in [4.78, 5) is 20.5. The number of nitrogens with zero attached hydrogens (tertiary/aromatic N) is 2. The zero-order chi connectivity index (χ0) is 24.1. The van der Waals surface area contributed by atoms with Crippen molar-refractivity contribution in [2.45, 2.75) is 43.9 Å². The second-order valence-electron chi connectivity index (χ2n) is 9.12. The molecule has 1 atom stereocenters. The molecule has 6 nitrogen and oxygen atoms in total. The summed E-state index contributed by atoms with van der Waals surface area (Å²) >= 11 is 6.49. The van der Waals surface area contributed by atoms with Crippen molar-refractivity contribution in [3.8, 4) is 5.75 Å². The van der Waals surface area contributed by atoms with Crippen LogP contribution in [0.2, 0.25) is 0 Å². The molecule has 1 unspecified atom stereocenters. The maximum atomic E-state index is 12.4. The van der Waals surface area contributed by atoms with Crippen LogP contribution in [0.15, 0.2) is 41.9 Å². The summed E-state index contributed by atoms with van der Waals surface area (Å²) in [6.07, 6.45) is 5.40. The van der Waals surface area contributed by atoms with Crippen LogP contribution in [-0.2, 0) is 17.8 Å². The average molecular weight is 500 g/mol. The van der Waals surface area contributed by atoms with Crippen molar-refractivity contribution < 1.29 is 14.6 Å². The Bertz CT molecular complexity index is 1110. The number of aromatic nitrogens is 1. The summed E-state index contributed by atoms with van der Waals surface area (Å²) in [6, 6.07) is 10.0. The molecule has 3 heterocycles. The Balaban J connectivity index is 1.42. The number of methoxy groups -OCH3 is 1. The molecule has 0 aliphatic carbocycles. The van der Waals surface area contributed by atoms with E-state index in [0.29, 0.717) is 25.8 Å². The molecule has 0 spiro atoms. The highest BCUT2D eigenvalue weighted by molar-refractivity contribution is 7.80. The highest BCUT2D eigenvalue weighted by atomic mass is 32.1. The zero-order valence-electron chi connectivity index (χ0n) is 19.6. The number of likely N-dealkylation sites (tertiary alicyclic amines) is 1. The van der Waals surface area contributed by atoms with Crippen molar-refractivity contribution in [1.29, 1.82) is 0 Å². The number of hydrogen-bond donors (Lipinski definition) is 3. The summed E-state index contributed by atoms with van der Waals surface area (Å²) in [5.74, 6) is 0.109. The number of fused-ring (bicyclic) bond motifs is 1. The molecule has 3 N–H and O–H groups in total. The second kappa shape index (κ2) is 11.1. The van der Waals surface area contributed by atoms with Crippen LogP contribution in [0.25, 0.3) is 10.9 Å². The smallest absolute Gasteiger partial charge is 0.309 e. The first-order valence-electron chi connectivity index (χ1n) is 11.8. The summed E-state index contributed by atoms with van der Waals surface area (Å²) in [5, 5.41) is 13.4. The molecule has 1 aliphatic rings. The number of thiol groups is 1. The van der Waals surface area contributed by atoms with Gasteiger partial charge in [0.15, 0.2) is 0 Å². The largest absolute Gasteiger partial charge is 0.497 e. The molecule has 1 fully saturated rings. The molecule has 2 aromatic heterocycles. The molecule has 182 valence electrons. The van der Waals surface area contributed by atoms with E-state index in [1.54, 1.807) is 18.4 Å². The number of thiophene rings is 1. The van der Waals surface area contributed by atoms with Crippen molar-refractivity contribution in [3.63, 3.8) is 0 Å². The number of ether oxygens (including phenoxy) is 1. The van der Waals surface area contributed by atoms with Gasteiger partial charge in [-0.15, -0.1) is 11.3 Å². The van der Waals surface area contributed by atoms with Gasteiger partial charge in [0.25, 0.3) is 0 Å². The van der Waals surface area contributed by atoms with Gasteiger partial charge >= 0.3 is 5.97 Å². The molecule has 1 saturated heterocycles. The van der Waals surface area contributed by atoms with Gasteiger partial charge in [-0.1, -0.05) is 6.07 Å². The number of hydrogen-bond acceptors (Lipinski definition) is 7. The SMILES string of the molecule is COc1ccc2ncc(CN)c(CCCC3(C(=O)O)CCN(CC(S)c4cccs4)CC3)c2c1. The Labute approximate surface area is 210 Å². The van der Waals surface area contributed by atoms with Gasteiger partial charge in [-0.2, -0.15) is 12.6 Å². The van der Waals surface area contributed by atoms with Gasteiger partial charge in [0.05, 0.1) is 18.0 Å². The topological polar surface area (TPSA) is 88.7 Å². The first-order valence-corrected chi connectivity index (χ1v) is 13.2. The number of rotatable bonds is 10. The third kappa shape index (κ3) is 5.40. The van der Waals surface area contributed by atoms with Crippen molar-refractivity contribution in [3.05, 3.63) is 57.9 Å². The van der Waals surface area contributed by atoms with E-state index in [9.17, 15) is 9.90 Å². The number of pyridine rings is 1. The predicted molar refractivity (Wildman–Crippen MR) is 141 cm³/mol. The lowest BCUT2D eigenvalue weighted by Crippen LogP contribution is -2.45. The van der Waals surface area contributed by atoms with Crippen LogP contribution in [0.3, 0.4) is 0 Å². The van der Waals surface area contributed by atoms with Crippen LogP contribution in [0.4, 0.5) is 0 Å². The molecule has 0 radical (unpaired) electrons. The Morgan fingerprint density at radius 2 is 2.15 bits per heavy atom. The van der Waals surface area contributed by atoms with Crippen LogP contribution in [0.1, 0.15) is 46.9 Å². The van der Waals surface area contributed by atoms with E-state index >= 15 is 0 Å². The maximum Gasteiger partial charge on any atom is 0.309 e. The molecule has 0 bridgehead atoms. The minimum atomic E-state index is -0.673. The fourth-order valence-corrected chi connectivity index (χ4v) is 6.22. The van der Waals surface area contributed by atoms with Gasteiger partial charge in [-0.3, -0.25) is 9.78 Å². The van der Waals surface area contributed by atoms with Gasteiger partial charge in [0.1, 0.15) is 5.75 Å². The number of carboxylic acid groups (broad SMARTS) is 1. The highest BCUT2D eigenvalue weighted by Crippen LogP contribution is 2.39. The fourth-order valence-electron chi connectivity index (χ4n) is 5.02. The van der Waals surface area contributed by atoms with Crippen LogP contribution in [-0.4, -0.2) is 47.7 Å². The third-order valence-electron chi connectivity index (χ3n) is 7.15. The second-order valence-corrected chi connectivity index (χ2v) is 10.7. The zero-order valence-corrected chi connectivity index (χ0v) is 21.3. The minimum absolute atomic E-state index is 0.170. The molecule has 8 heteroatoms. The van der Waals surface area contributed by atoms with Gasteiger partial charge in [-0.25, -0.2) is 0 Å². The molecule has 4 rings (SSSR count). The van der Waals surface area contributed by atoms with E-state index in [-0.39, 0.29) is 5.25 Å². The number of piperidine rings is 1. The van der Waals surface area contributed by atoms with Crippen molar-refractivity contribution in [2.24, 2.45) is 11.1 Å². The number of nitrogens with two attached hydrogens (primary N) is 1. The van der Waals surface area contributed by atoms with Crippen LogP contribution < -0.4 is 10.5 Å². The fraction of sp³-hybridized carbons (Fsp3) is 0.462. The molecule has 1 aliphatic heterocycles. The number of aryl methyl sites for hydroxylation is 1. The number of carboxylic acids is 1. The first kappa shape index (κ1) is 25.0. The van der Waals surface area contributed by atoms with Gasteiger partial charge in [-0.05, 0) is 86.0 Å².